The van der Waals surface area contributed by atoms with Crippen molar-refractivity contribution < 1.29 is 9.84 Å². The molecule has 4 heteroatoms. The fraction of sp³-hybridized carbons (Fsp3) is 0.538. The molecule has 0 bridgehead atoms. The van der Waals surface area contributed by atoms with Gasteiger partial charge in [-0.15, -0.1) is 0 Å². The van der Waals surface area contributed by atoms with Gasteiger partial charge in [0, 0.05) is 17.8 Å². The summed E-state index contributed by atoms with van der Waals surface area (Å²) in [5, 5.41) is 12.6. The van der Waals surface area contributed by atoms with Gasteiger partial charge in [0.25, 0.3) is 0 Å². The van der Waals surface area contributed by atoms with Crippen molar-refractivity contribution in [1.29, 1.82) is 0 Å². The molecule has 0 aliphatic rings. The van der Waals surface area contributed by atoms with Gasteiger partial charge < -0.3 is 15.2 Å². The summed E-state index contributed by atoms with van der Waals surface area (Å²) in [6, 6.07) is 7.89. The number of hydrogen-bond donors (Lipinski definition) is 2. The lowest BCUT2D eigenvalue weighted by molar-refractivity contribution is 0.272. The monoisotopic (exact) mass is 255 g/mol. The van der Waals surface area contributed by atoms with Gasteiger partial charge in [-0.25, -0.2) is 0 Å². The van der Waals surface area contributed by atoms with E-state index in [0.29, 0.717) is 0 Å². The first-order valence-electron chi connectivity index (χ1n) is 5.89. The Hall–Kier alpha value is -0.870. The first-order valence-corrected chi connectivity index (χ1v) is 7.04. The second kappa shape index (κ2) is 8.25. The topological polar surface area (TPSA) is 41.5 Å². The van der Waals surface area contributed by atoms with Crippen LogP contribution >= 0.6 is 11.8 Å². The number of aliphatic hydroxyl groups excluding tert-OH is 1. The Kier molecular flexibility index (Phi) is 6.89. The Morgan fingerprint density at radius 2 is 2.29 bits per heavy atom. The van der Waals surface area contributed by atoms with E-state index < -0.39 is 0 Å². The second-order valence-electron chi connectivity index (χ2n) is 3.74. The Balaban J connectivity index is 2.48. The van der Waals surface area contributed by atoms with Crippen LogP contribution in [0.3, 0.4) is 0 Å². The summed E-state index contributed by atoms with van der Waals surface area (Å²) >= 11 is 1.89. The highest BCUT2D eigenvalue weighted by atomic mass is 32.2. The molecule has 0 saturated carbocycles. The first-order chi connectivity index (χ1) is 8.30. The number of anilines is 1. The fourth-order valence-electron chi connectivity index (χ4n) is 1.53. The molecular weight excluding hydrogens is 234 g/mol. The maximum Gasteiger partial charge on any atom is 0.120 e. The van der Waals surface area contributed by atoms with Crippen LogP contribution in [-0.4, -0.2) is 36.4 Å². The normalized spacial score (nSPS) is 12.2. The zero-order valence-electron chi connectivity index (χ0n) is 10.5. The van der Waals surface area contributed by atoms with Gasteiger partial charge >= 0.3 is 0 Å². The van der Waals surface area contributed by atoms with E-state index in [1.54, 1.807) is 7.11 Å². The molecule has 1 atom stereocenters. The van der Waals surface area contributed by atoms with Crippen molar-refractivity contribution in [2.75, 3.05) is 30.5 Å². The number of aliphatic hydroxyl groups is 1. The lowest BCUT2D eigenvalue weighted by Gasteiger charge is -2.17. The number of benzene rings is 1. The predicted octanol–water partition coefficient (Wildman–Crippen LogP) is 2.61. The Morgan fingerprint density at radius 1 is 1.47 bits per heavy atom. The van der Waals surface area contributed by atoms with Crippen LogP contribution in [0.1, 0.15) is 13.3 Å². The van der Waals surface area contributed by atoms with Crippen LogP contribution in [0.5, 0.6) is 5.75 Å². The minimum absolute atomic E-state index is 0.112. The molecule has 3 nitrogen and oxygen atoms in total. The minimum Gasteiger partial charge on any atom is -0.497 e. The molecule has 0 fully saturated rings. The Labute approximate surface area is 108 Å². The molecule has 0 amide bonds. The van der Waals surface area contributed by atoms with Gasteiger partial charge in [-0.1, -0.05) is 13.0 Å². The molecule has 1 aromatic rings. The predicted molar refractivity (Wildman–Crippen MR) is 75.1 cm³/mol. The van der Waals surface area contributed by atoms with E-state index in [1.165, 1.54) is 0 Å². The van der Waals surface area contributed by atoms with Crippen LogP contribution in [0, 0.1) is 0 Å². The van der Waals surface area contributed by atoms with Crippen molar-refractivity contribution in [1.82, 2.24) is 0 Å². The summed E-state index contributed by atoms with van der Waals surface area (Å²) in [4.78, 5) is 0. The summed E-state index contributed by atoms with van der Waals surface area (Å²) in [6.07, 6.45) is 0.965. The lowest BCUT2D eigenvalue weighted by Crippen LogP contribution is -2.24. The molecule has 96 valence electrons. The smallest absolute Gasteiger partial charge is 0.120 e. The number of hydrogen-bond acceptors (Lipinski definition) is 4. The van der Waals surface area contributed by atoms with Gasteiger partial charge in [-0.2, -0.15) is 11.8 Å². The SMILES string of the molecule is CCSCCC(CO)Nc1cccc(OC)c1. The van der Waals surface area contributed by atoms with Crippen LogP contribution < -0.4 is 10.1 Å². The van der Waals surface area contributed by atoms with Crippen molar-refractivity contribution in [3.63, 3.8) is 0 Å². The van der Waals surface area contributed by atoms with Crippen LogP contribution in [-0.2, 0) is 0 Å². The average molecular weight is 255 g/mol. The van der Waals surface area contributed by atoms with Crippen LogP contribution in [0.15, 0.2) is 24.3 Å². The maximum absolute atomic E-state index is 9.31. The molecule has 0 aliphatic heterocycles. The third-order valence-corrected chi connectivity index (χ3v) is 3.41. The van der Waals surface area contributed by atoms with E-state index in [9.17, 15) is 5.11 Å². The maximum atomic E-state index is 9.31. The van der Waals surface area contributed by atoms with Gasteiger partial charge in [0.05, 0.1) is 13.7 Å². The van der Waals surface area contributed by atoms with Gasteiger partial charge in [-0.3, -0.25) is 0 Å². The molecule has 17 heavy (non-hydrogen) atoms. The molecule has 0 heterocycles. The quantitative estimate of drug-likeness (QED) is 0.701. The summed E-state index contributed by atoms with van der Waals surface area (Å²) in [7, 11) is 1.65. The summed E-state index contributed by atoms with van der Waals surface area (Å²) in [5.74, 6) is 3.02. The van der Waals surface area contributed by atoms with E-state index in [-0.39, 0.29) is 12.6 Å². The van der Waals surface area contributed by atoms with E-state index in [2.05, 4.69) is 12.2 Å². The molecule has 0 radical (unpaired) electrons. The fourth-order valence-corrected chi connectivity index (χ4v) is 2.27. The van der Waals surface area contributed by atoms with Crippen molar-refractivity contribution in [3.05, 3.63) is 24.3 Å². The summed E-state index contributed by atoms with van der Waals surface area (Å²) in [5.41, 5.74) is 0.991. The third kappa shape index (κ3) is 5.33. The summed E-state index contributed by atoms with van der Waals surface area (Å²) < 4.78 is 5.16. The van der Waals surface area contributed by atoms with E-state index >= 15 is 0 Å². The van der Waals surface area contributed by atoms with Gasteiger partial charge in [0.15, 0.2) is 0 Å². The van der Waals surface area contributed by atoms with E-state index in [4.69, 9.17) is 4.74 Å². The van der Waals surface area contributed by atoms with Crippen molar-refractivity contribution in [2.45, 2.75) is 19.4 Å². The number of methoxy groups -OCH3 is 1. The standard InChI is InChI=1S/C13H21NO2S/c1-3-17-8-7-12(10-15)14-11-5-4-6-13(9-11)16-2/h4-6,9,12,14-15H,3,7-8,10H2,1-2H3. The number of nitrogens with one attached hydrogen (secondary N) is 1. The number of thioether (sulfide) groups is 1. The largest absolute Gasteiger partial charge is 0.497 e. The second-order valence-corrected chi connectivity index (χ2v) is 5.14. The average Bonchev–Trinajstić information content (AvgIpc) is 2.38. The first kappa shape index (κ1) is 14.2. The lowest BCUT2D eigenvalue weighted by atomic mass is 10.2. The number of rotatable bonds is 8. The Bertz CT molecular complexity index is 320. The molecule has 1 aromatic carbocycles. The molecule has 2 N–H and O–H groups in total. The molecule has 1 rings (SSSR count). The molecule has 0 saturated heterocycles. The third-order valence-electron chi connectivity index (χ3n) is 2.48. The molecular formula is C13H21NO2S. The zero-order chi connectivity index (χ0) is 12.5. The highest BCUT2D eigenvalue weighted by molar-refractivity contribution is 7.99. The van der Waals surface area contributed by atoms with Gasteiger partial charge in [-0.05, 0) is 30.1 Å². The van der Waals surface area contributed by atoms with Gasteiger partial charge in [0.1, 0.15) is 5.75 Å². The molecule has 0 aliphatic carbocycles. The molecule has 1 unspecified atom stereocenters. The van der Waals surface area contributed by atoms with Crippen LogP contribution in [0.2, 0.25) is 0 Å². The van der Waals surface area contributed by atoms with E-state index in [0.717, 1.165) is 29.4 Å². The molecule has 0 spiro atoms. The van der Waals surface area contributed by atoms with Crippen LogP contribution in [0.25, 0.3) is 0 Å². The molecule has 0 aromatic heterocycles. The Morgan fingerprint density at radius 3 is 2.94 bits per heavy atom. The van der Waals surface area contributed by atoms with Crippen molar-refractivity contribution >= 4 is 17.4 Å². The zero-order valence-corrected chi connectivity index (χ0v) is 11.3. The van der Waals surface area contributed by atoms with Crippen molar-refractivity contribution in [2.24, 2.45) is 0 Å². The number of ether oxygens (including phenoxy) is 1. The minimum atomic E-state index is 0.112. The highest BCUT2D eigenvalue weighted by Gasteiger charge is 2.07. The van der Waals surface area contributed by atoms with E-state index in [1.807, 2.05) is 36.0 Å². The summed E-state index contributed by atoms with van der Waals surface area (Å²) in [6.45, 7) is 2.30. The highest BCUT2D eigenvalue weighted by Crippen LogP contribution is 2.18. The van der Waals surface area contributed by atoms with Crippen molar-refractivity contribution in [3.8, 4) is 5.75 Å². The van der Waals surface area contributed by atoms with Gasteiger partial charge in [0.2, 0.25) is 0 Å². The van der Waals surface area contributed by atoms with Crippen LogP contribution in [0.4, 0.5) is 5.69 Å².